The van der Waals surface area contributed by atoms with Crippen molar-refractivity contribution in [3.8, 4) is 11.1 Å². The molecule has 3 rings (SSSR count). The highest BCUT2D eigenvalue weighted by Gasteiger charge is 2.16. The minimum Gasteiger partial charge on any atom is -0.0614 e. The third-order valence-electron chi connectivity index (χ3n) is 3.25. The van der Waals surface area contributed by atoms with Gasteiger partial charge in [0, 0.05) is 0 Å². The third kappa shape index (κ3) is 1.37. The Bertz CT molecular complexity index is 509. The molecular formula is C15H14. The molecule has 1 aliphatic carbocycles. The second kappa shape index (κ2) is 3.23. The van der Waals surface area contributed by atoms with E-state index < -0.39 is 0 Å². The van der Waals surface area contributed by atoms with Crippen LogP contribution in [0.5, 0.6) is 0 Å². The van der Waals surface area contributed by atoms with Crippen LogP contribution < -0.4 is 0 Å². The Balaban J connectivity index is 2.17. The molecule has 0 nitrogen and oxygen atoms in total. The van der Waals surface area contributed by atoms with E-state index in [0.717, 1.165) is 0 Å². The van der Waals surface area contributed by atoms with Crippen LogP contribution in [-0.2, 0) is 12.8 Å². The smallest absolute Gasteiger partial charge is 0.0149 e. The molecule has 2 aromatic rings. The van der Waals surface area contributed by atoms with Gasteiger partial charge >= 0.3 is 0 Å². The van der Waals surface area contributed by atoms with Gasteiger partial charge in [-0.3, -0.25) is 0 Å². The topological polar surface area (TPSA) is 0 Å². The normalized spacial score (nSPS) is 13.1. The van der Waals surface area contributed by atoms with Crippen molar-refractivity contribution in [1.82, 2.24) is 0 Å². The predicted octanol–water partition coefficient (Wildman–Crippen LogP) is 3.76. The second-order valence-corrected chi connectivity index (χ2v) is 4.31. The van der Waals surface area contributed by atoms with Crippen molar-refractivity contribution in [1.29, 1.82) is 0 Å². The number of benzene rings is 2. The summed E-state index contributed by atoms with van der Waals surface area (Å²) in [6, 6.07) is 15.4. The van der Waals surface area contributed by atoms with Crippen LogP contribution in [0.25, 0.3) is 11.1 Å². The van der Waals surface area contributed by atoms with Gasteiger partial charge in [0.15, 0.2) is 0 Å². The first-order chi connectivity index (χ1) is 7.34. The first-order valence-electron chi connectivity index (χ1n) is 5.52. The molecule has 0 heterocycles. The summed E-state index contributed by atoms with van der Waals surface area (Å²) in [5.74, 6) is 0. The van der Waals surface area contributed by atoms with E-state index in [2.05, 4.69) is 49.4 Å². The molecular weight excluding hydrogens is 180 g/mol. The van der Waals surface area contributed by atoms with Crippen LogP contribution in [0, 0.1) is 6.92 Å². The Hall–Kier alpha value is -1.56. The maximum Gasteiger partial charge on any atom is -0.0149 e. The maximum atomic E-state index is 2.27. The van der Waals surface area contributed by atoms with Crippen molar-refractivity contribution < 1.29 is 0 Å². The van der Waals surface area contributed by atoms with Gasteiger partial charge in [0.2, 0.25) is 0 Å². The summed E-state index contributed by atoms with van der Waals surface area (Å²) in [5.41, 5.74) is 7.23. The fourth-order valence-corrected chi connectivity index (χ4v) is 2.33. The van der Waals surface area contributed by atoms with Crippen LogP contribution in [0.2, 0.25) is 0 Å². The number of hydrogen-bond donors (Lipinski definition) is 0. The van der Waals surface area contributed by atoms with Crippen molar-refractivity contribution >= 4 is 0 Å². The van der Waals surface area contributed by atoms with Gasteiger partial charge in [-0.1, -0.05) is 48.0 Å². The SMILES string of the molecule is Cc1cccc(-c2cccc3c2CC3)c1. The molecule has 0 aliphatic heterocycles. The standard InChI is InChI=1S/C15H14/c1-11-4-2-6-13(10-11)14-7-3-5-12-8-9-15(12)14/h2-7,10H,8-9H2,1H3. The van der Waals surface area contributed by atoms with Crippen molar-refractivity contribution in [2.24, 2.45) is 0 Å². The predicted molar refractivity (Wildman–Crippen MR) is 64.0 cm³/mol. The molecule has 0 radical (unpaired) electrons. The lowest BCUT2D eigenvalue weighted by molar-refractivity contribution is 0.842. The fraction of sp³-hybridized carbons (Fsp3) is 0.200. The van der Waals surface area contributed by atoms with Crippen LogP contribution in [0.1, 0.15) is 16.7 Å². The Morgan fingerprint density at radius 1 is 0.933 bits per heavy atom. The summed E-state index contributed by atoms with van der Waals surface area (Å²) in [7, 11) is 0. The summed E-state index contributed by atoms with van der Waals surface area (Å²) < 4.78 is 0. The summed E-state index contributed by atoms with van der Waals surface area (Å²) in [5, 5.41) is 0. The molecule has 0 heteroatoms. The molecule has 0 bridgehead atoms. The summed E-state index contributed by atoms with van der Waals surface area (Å²) in [6.45, 7) is 2.15. The minimum atomic E-state index is 1.25. The molecule has 15 heavy (non-hydrogen) atoms. The van der Waals surface area contributed by atoms with E-state index in [1.54, 1.807) is 5.56 Å². The van der Waals surface area contributed by atoms with Gasteiger partial charge in [-0.05, 0) is 42.0 Å². The van der Waals surface area contributed by atoms with E-state index in [9.17, 15) is 0 Å². The van der Waals surface area contributed by atoms with Crippen molar-refractivity contribution in [3.05, 3.63) is 59.2 Å². The van der Waals surface area contributed by atoms with E-state index in [0.29, 0.717) is 0 Å². The van der Waals surface area contributed by atoms with Crippen molar-refractivity contribution in [2.45, 2.75) is 19.8 Å². The molecule has 0 atom stereocenters. The number of aryl methyl sites for hydroxylation is 2. The molecule has 0 aromatic heterocycles. The average Bonchev–Trinajstić information content (AvgIpc) is 2.19. The van der Waals surface area contributed by atoms with Gasteiger partial charge in [-0.15, -0.1) is 0 Å². The van der Waals surface area contributed by atoms with Crippen LogP contribution in [-0.4, -0.2) is 0 Å². The Labute approximate surface area is 90.6 Å². The van der Waals surface area contributed by atoms with Gasteiger partial charge < -0.3 is 0 Å². The van der Waals surface area contributed by atoms with E-state index in [-0.39, 0.29) is 0 Å². The van der Waals surface area contributed by atoms with Crippen molar-refractivity contribution in [2.75, 3.05) is 0 Å². The second-order valence-electron chi connectivity index (χ2n) is 4.31. The molecule has 1 aliphatic rings. The van der Waals surface area contributed by atoms with E-state index in [1.165, 1.54) is 35.1 Å². The molecule has 2 aromatic carbocycles. The van der Waals surface area contributed by atoms with Crippen LogP contribution in [0.3, 0.4) is 0 Å². The number of fused-ring (bicyclic) bond motifs is 1. The lowest BCUT2D eigenvalue weighted by Crippen LogP contribution is -2.09. The van der Waals surface area contributed by atoms with Crippen LogP contribution in [0.15, 0.2) is 42.5 Å². The fourth-order valence-electron chi connectivity index (χ4n) is 2.33. The lowest BCUT2D eigenvalue weighted by Gasteiger charge is -2.22. The Kier molecular flexibility index (Phi) is 1.88. The van der Waals surface area contributed by atoms with Crippen LogP contribution in [0.4, 0.5) is 0 Å². The van der Waals surface area contributed by atoms with E-state index in [4.69, 9.17) is 0 Å². The highest BCUT2D eigenvalue weighted by atomic mass is 14.2. The van der Waals surface area contributed by atoms with E-state index >= 15 is 0 Å². The zero-order valence-electron chi connectivity index (χ0n) is 8.96. The van der Waals surface area contributed by atoms with Gasteiger partial charge in [0.1, 0.15) is 0 Å². The molecule has 0 fully saturated rings. The highest BCUT2D eigenvalue weighted by molar-refractivity contribution is 5.71. The summed E-state index contributed by atoms with van der Waals surface area (Å²) in [6.07, 6.45) is 2.51. The molecule has 0 unspecified atom stereocenters. The van der Waals surface area contributed by atoms with Gasteiger partial charge in [0.05, 0.1) is 0 Å². The first kappa shape index (κ1) is 8.72. The number of rotatable bonds is 1. The zero-order valence-corrected chi connectivity index (χ0v) is 8.96. The van der Waals surface area contributed by atoms with Gasteiger partial charge in [0.25, 0.3) is 0 Å². The Morgan fingerprint density at radius 2 is 1.80 bits per heavy atom. The Morgan fingerprint density at radius 3 is 2.53 bits per heavy atom. The highest BCUT2D eigenvalue weighted by Crippen LogP contribution is 2.33. The minimum absolute atomic E-state index is 1.25. The quantitative estimate of drug-likeness (QED) is 0.648. The molecule has 74 valence electrons. The van der Waals surface area contributed by atoms with Crippen molar-refractivity contribution in [3.63, 3.8) is 0 Å². The molecule has 0 spiro atoms. The monoisotopic (exact) mass is 194 g/mol. The largest absolute Gasteiger partial charge is 0.0614 e. The zero-order chi connectivity index (χ0) is 10.3. The third-order valence-corrected chi connectivity index (χ3v) is 3.25. The number of hydrogen-bond acceptors (Lipinski definition) is 0. The maximum absolute atomic E-state index is 2.27. The first-order valence-corrected chi connectivity index (χ1v) is 5.52. The molecule has 0 saturated heterocycles. The summed E-state index contributed by atoms with van der Waals surface area (Å²) >= 11 is 0. The molecule has 0 saturated carbocycles. The van der Waals surface area contributed by atoms with Crippen LogP contribution >= 0.6 is 0 Å². The average molecular weight is 194 g/mol. The molecule has 0 amide bonds. The lowest BCUT2D eigenvalue weighted by atomic mass is 9.82. The molecule has 0 N–H and O–H groups in total. The van der Waals surface area contributed by atoms with E-state index in [1.807, 2.05) is 0 Å². The van der Waals surface area contributed by atoms with Gasteiger partial charge in [-0.2, -0.15) is 0 Å². The van der Waals surface area contributed by atoms with Gasteiger partial charge in [-0.25, -0.2) is 0 Å². The summed E-state index contributed by atoms with van der Waals surface area (Å²) in [4.78, 5) is 0.